The number of hydrogen-bond acceptors (Lipinski definition) is 4. The average molecular weight is 413 g/mol. The zero-order valence-corrected chi connectivity index (χ0v) is 17.7. The maximum absolute atomic E-state index is 13.0. The molecule has 0 atom stereocenters. The van der Waals surface area contributed by atoms with Gasteiger partial charge in [-0.05, 0) is 49.6 Å². The molecule has 0 radical (unpaired) electrons. The van der Waals surface area contributed by atoms with Crippen molar-refractivity contribution >= 4 is 22.6 Å². The van der Waals surface area contributed by atoms with Crippen LogP contribution in [0.4, 0.5) is 5.69 Å². The van der Waals surface area contributed by atoms with Crippen LogP contribution in [-0.2, 0) is 4.79 Å². The highest BCUT2D eigenvalue weighted by Gasteiger charge is 2.14. The second kappa shape index (κ2) is 8.48. The molecular weight excluding hydrogens is 390 g/mol. The topological polar surface area (TPSA) is 68.5 Å². The van der Waals surface area contributed by atoms with Gasteiger partial charge in [0.2, 0.25) is 5.43 Å². The Balaban J connectivity index is 1.55. The largest absolute Gasteiger partial charge is 0.484 e. The number of nitrogens with one attached hydrogen (secondary N) is 1. The van der Waals surface area contributed by atoms with Gasteiger partial charge in [-0.1, -0.05) is 48.5 Å². The summed E-state index contributed by atoms with van der Waals surface area (Å²) in [6.45, 7) is 5.51. The van der Waals surface area contributed by atoms with E-state index in [0.717, 1.165) is 22.4 Å². The summed E-state index contributed by atoms with van der Waals surface area (Å²) in [6, 6.07) is 20.3. The van der Waals surface area contributed by atoms with Gasteiger partial charge < -0.3 is 14.5 Å². The third-order valence-electron chi connectivity index (χ3n) is 5.22. The predicted molar refractivity (Wildman–Crippen MR) is 123 cm³/mol. The van der Waals surface area contributed by atoms with Crippen molar-refractivity contribution < 1.29 is 13.9 Å². The van der Waals surface area contributed by atoms with Crippen molar-refractivity contribution in [2.75, 3.05) is 11.9 Å². The molecule has 5 heteroatoms. The molecule has 3 aromatic carbocycles. The number of rotatable bonds is 5. The fraction of sp³-hybridized carbons (Fsp3) is 0.154. The molecule has 0 saturated carbocycles. The fourth-order valence-corrected chi connectivity index (χ4v) is 3.65. The number of carbonyl (C=O) groups excluding carboxylic acids is 1. The lowest BCUT2D eigenvalue weighted by Crippen LogP contribution is -2.21. The van der Waals surface area contributed by atoms with E-state index in [-0.39, 0.29) is 17.9 Å². The first-order valence-corrected chi connectivity index (χ1v) is 10.1. The summed E-state index contributed by atoms with van der Waals surface area (Å²) in [7, 11) is 0. The monoisotopic (exact) mass is 413 g/mol. The van der Waals surface area contributed by atoms with Gasteiger partial charge in [0.05, 0.1) is 10.9 Å². The van der Waals surface area contributed by atoms with Crippen molar-refractivity contribution in [2.45, 2.75) is 20.8 Å². The molecule has 0 unspecified atom stereocenters. The standard InChI is InChI=1S/C26H23NO4/c1-16-8-7-9-17(2)25(16)27-23(28)15-30-20-12-13-21-22(14-20)31-18(3)24(26(21)29)19-10-5-4-6-11-19/h4-14H,15H2,1-3H3,(H,27,28). The molecular formula is C26H23NO4. The molecule has 0 bridgehead atoms. The Morgan fingerprint density at radius 2 is 1.65 bits per heavy atom. The Morgan fingerprint density at radius 1 is 0.935 bits per heavy atom. The van der Waals surface area contributed by atoms with Crippen molar-refractivity contribution in [1.29, 1.82) is 0 Å². The molecule has 0 aliphatic carbocycles. The van der Waals surface area contributed by atoms with E-state index in [0.29, 0.717) is 28.0 Å². The van der Waals surface area contributed by atoms with Crippen LogP contribution in [0.15, 0.2) is 75.9 Å². The number of benzene rings is 3. The second-order valence-electron chi connectivity index (χ2n) is 7.49. The first-order valence-electron chi connectivity index (χ1n) is 10.1. The van der Waals surface area contributed by atoms with Gasteiger partial charge in [-0.15, -0.1) is 0 Å². The molecule has 4 aromatic rings. The number of aryl methyl sites for hydroxylation is 3. The molecule has 31 heavy (non-hydrogen) atoms. The molecule has 0 aliphatic rings. The highest BCUT2D eigenvalue weighted by atomic mass is 16.5. The molecule has 1 aromatic heterocycles. The number of carbonyl (C=O) groups is 1. The summed E-state index contributed by atoms with van der Waals surface area (Å²) in [5, 5.41) is 3.36. The Morgan fingerprint density at radius 3 is 2.35 bits per heavy atom. The summed E-state index contributed by atoms with van der Waals surface area (Å²) in [6.07, 6.45) is 0. The van der Waals surface area contributed by atoms with Crippen LogP contribution in [0.1, 0.15) is 16.9 Å². The minimum absolute atomic E-state index is 0.0933. The number of hydrogen-bond donors (Lipinski definition) is 1. The molecule has 156 valence electrons. The van der Waals surface area contributed by atoms with Gasteiger partial charge >= 0.3 is 0 Å². The van der Waals surface area contributed by atoms with E-state index in [1.807, 2.05) is 62.4 Å². The maximum atomic E-state index is 13.0. The molecule has 0 saturated heterocycles. The minimum Gasteiger partial charge on any atom is -0.484 e. The van der Waals surface area contributed by atoms with E-state index in [9.17, 15) is 9.59 Å². The molecule has 0 fully saturated rings. The minimum atomic E-state index is -0.255. The van der Waals surface area contributed by atoms with E-state index in [2.05, 4.69) is 5.32 Å². The van der Waals surface area contributed by atoms with Gasteiger partial charge in [0.15, 0.2) is 6.61 Å². The van der Waals surface area contributed by atoms with Crippen molar-refractivity contribution in [2.24, 2.45) is 0 Å². The zero-order chi connectivity index (χ0) is 22.0. The third-order valence-corrected chi connectivity index (χ3v) is 5.22. The average Bonchev–Trinajstić information content (AvgIpc) is 2.75. The van der Waals surface area contributed by atoms with Crippen LogP contribution >= 0.6 is 0 Å². The third kappa shape index (κ3) is 4.21. The normalized spacial score (nSPS) is 10.8. The first-order chi connectivity index (χ1) is 14.9. The van der Waals surface area contributed by atoms with E-state index in [1.54, 1.807) is 25.1 Å². The van der Waals surface area contributed by atoms with Crippen molar-refractivity contribution in [3.8, 4) is 16.9 Å². The van der Waals surface area contributed by atoms with Crippen LogP contribution < -0.4 is 15.5 Å². The molecule has 1 heterocycles. The Bertz CT molecular complexity index is 1300. The molecule has 0 spiro atoms. The number of para-hydroxylation sites is 1. The maximum Gasteiger partial charge on any atom is 0.262 e. The molecule has 0 aliphatic heterocycles. The molecule has 5 nitrogen and oxygen atoms in total. The molecule has 1 amide bonds. The van der Waals surface area contributed by atoms with Gasteiger partial charge in [-0.2, -0.15) is 0 Å². The summed E-state index contributed by atoms with van der Waals surface area (Å²) in [4.78, 5) is 25.4. The van der Waals surface area contributed by atoms with Crippen LogP contribution in [0.5, 0.6) is 5.75 Å². The second-order valence-corrected chi connectivity index (χ2v) is 7.49. The number of anilines is 1. The highest BCUT2D eigenvalue weighted by Crippen LogP contribution is 2.26. The van der Waals surface area contributed by atoms with Crippen LogP contribution in [0, 0.1) is 20.8 Å². The van der Waals surface area contributed by atoms with Gasteiger partial charge in [-0.25, -0.2) is 0 Å². The zero-order valence-electron chi connectivity index (χ0n) is 17.7. The van der Waals surface area contributed by atoms with E-state index < -0.39 is 0 Å². The quantitative estimate of drug-likeness (QED) is 0.475. The molecule has 1 N–H and O–H groups in total. The Kier molecular flexibility index (Phi) is 5.58. The van der Waals surface area contributed by atoms with Crippen LogP contribution in [0.25, 0.3) is 22.1 Å². The first kappa shape index (κ1) is 20.4. The van der Waals surface area contributed by atoms with Gasteiger partial charge in [0.25, 0.3) is 5.91 Å². The number of amides is 1. The highest BCUT2D eigenvalue weighted by molar-refractivity contribution is 5.93. The Hall–Kier alpha value is -3.86. The number of fused-ring (bicyclic) bond motifs is 1. The van der Waals surface area contributed by atoms with Crippen molar-refractivity contribution in [1.82, 2.24) is 0 Å². The van der Waals surface area contributed by atoms with Gasteiger partial charge in [0, 0.05) is 11.8 Å². The van der Waals surface area contributed by atoms with Crippen molar-refractivity contribution in [3.63, 3.8) is 0 Å². The smallest absolute Gasteiger partial charge is 0.262 e. The summed E-state index contributed by atoms with van der Waals surface area (Å²) >= 11 is 0. The lowest BCUT2D eigenvalue weighted by Gasteiger charge is -2.12. The predicted octanol–water partition coefficient (Wildman–Crippen LogP) is 5.40. The van der Waals surface area contributed by atoms with Crippen LogP contribution in [0.3, 0.4) is 0 Å². The summed E-state index contributed by atoms with van der Waals surface area (Å²) in [5.74, 6) is 0.738. The van der Waals surface area contributed by atoms with E-state index >= 15 is 0 Å². The fourth-order valence-electron chi connectivity index (χ4n) is 3.65. The lowest BCUT2D eigenvalue weighted by molar-refractivity contribution is -0.118. The lowest BCUT2D eigenvalue weighted by atomic mass is 10.0. The molecule has 4 rings (SSSR count). The Labute approximate surface area is 180 Å². The van der Waals surface area contributed by atoms with Gasteiger partial charge in [0.1, 0.15) is 17.1 Å². The summed E-state index contributed by atoms with van der Waals surface area (Å²) in [5.41, 5.74) is 4.48. The SMILES string of the molecule is Cc1cccc(C)c1NC(=O)COc1ccc2c(=O)c(-c3ccccc3)c(C)oc2c1. The summed E-state index contributed by atoms with van der Waals surface area (Å²) < 4.78 is 11.6. The van der Waals surface area contributed by atoms with Gasteiger partial charge in [-0.3, -0.25) is 9.59 Å². The van der Waals surface area contributed by atoms with Crippen LogP contribution in [0.2, 0.25) is 0 Å². The van der Waals surface area contributed by atoms with Crippen LogP contribution in [-0.4, -0.2) is 12.5 Å². The number of ether oxygens (including phenoxy) is 1. The van der Waals surface area contributed by atoms with E-state index in [1.165, 1.54) is 0 Å². The van der Waals surface area contributed by atoms with E-state index in [4.69, 9.17) is 9.15 Å². The van der Waals surface area contributed by atoms with Crippen molar-refractivity contribution in [3.05, 3.63) is 93.8 Å².